The summed E-state index contributed by atoms with van der Waals surface area (Å²) in [7, 11) is 1.68. The smallest absolute Gasteiger partial charge is 0.191 e. The summed E-state index contributed by atoms with van der Waals surface area (Å²) in [6.45, 7) is 4.03. The summed E-state index contributed by atoms with van der Waals surface area (Å²) in [4.78, 5) is 4.66. The van der Waals surface area contributed by atoms with Crippen LogP contribution in [0.3, 0.4) is 0 Å². The molecule has 0 atom stereocenters. The molecule has 0 aliphatic carbocycles. The summed E-state index contributed by atoms with van der Waals surface area (Å²) in [6, 6.07) is 18.0. The number of guanidine groups is 1. The fraction of sp³-hybridized carbons (Fsp3) is 0.238. The van der Waals surface area contributed by atoms with E-state index in [4.69, 9.17) is 4.74 Å². The number of nitrogens with zero attached hydrogens (tertiary/aromatic N) is 3. The first-order valence-electron chi connectivity index (χ1n) is 9.03. The van der Waals surface area contributed by atoms with Crippen molar-refractivity contribution in [3.8, 4) is 11.4 Å². The van der Waals surface area contributed by atoms with Crippen LogP contribution in [0.5, 0.6) is 5.75 Å². The van der Waals surface area contributed by atoms with Crippen LogP contribution in [0.1, 0.15) is 18.1 Å². The first kappa shape index (κ1) is 21.7. The van der Waals surface area contributed by atoms with E-state index in [9.17, 15) is 0 Å². The number of nitrogens with one attached hydrogen (secondary N) is 2. The number of benzene rings is 2. The first-order chi connectivity index (χ1) is 13.3. The minimum Gasteiger partial charge on any atom is -0.496 e. The van der Waals surface area contributed by atoms with Crippen molar-refractivity contribution in [1.82, 2.24) is 20.4 Å². The van der Waals surface area contributed by atoms with E-state index in [1.807, 2.05) is 78.6 Å². The third-order valence-corrected chi connectivity index (χ3v) is 4.06. The minimum absolute atomic E-state index is 0. The predicted octanol–water partition coefficient (Wildman–Crippen LogP) is 3.75. The molecule has 0 unspecified atom stereocenters. The Morgan fingerprint density at radius 1 is 1.07 bits per heavy atom. The molecule has 7 heteroatoms. The average molecular weight is 491 g/mol. The normalized spacial score (nSPS) is 10.9. The van der Waals surface area contributed by atoms with Crippen LogP contribution in [0, 0.1) is 0 Å². The molecule has 6 nitrogen and oxygen atoms in total. The van der Waals surface area contributed by atoms with Gasteiger partial charge < -0.3 is 15.4 Å². The van der Waals surface area contributed by atoms with Gasteiger partial charge in [-0.25, -0.2) is 9.67 Å². The number of aromatic nitrogens is 2. The lowest BCUT2D eigenvalue weighted by Crippen LogP contribution is -2.36. The van der Waals surface area contributed by atoms with Crippen molar-refractivity contribution < 1.29 is 4.74 Å². The molecule has 2 N–H and O–H groups in total. The van der Waals surface area contributed by atoms with Gasteiger partial charge >= 0.3 is 0 Å². The second kappa shape index (κ2) is 11.3. The monoisotopic (exact) mass is 491 g/mol. The Hall–Kier alpha value is -2.55. The molecule has 1 aromatic heterocycles. The molecule has 0 spiro atoms. The molecule has 2 aromatic carbocycles. The number of para-hydroxylation sites is 2. The van der Waals surface area contributed by atoms with E-state index in [1.165, 1.54) is 0 Å². The fourth-order valence-electron chi connectivity index (χ4n) is 2.70. The van der Waals surface area contributed by atoms with Gasteiger partial charge in [-0.05, 0) is 25.1 Å². The molecule has 0 radical (unpaired) electrons. The third kappa shape index (κ3) is 5.98. The molecular weight excluding hydrogens is 465 g/mol. The summed E-state index contributed by atoms with van der Waals surface area (Å²) in [5.74, 6) is 1.63. The molecule has 0 saturated heterocycles. The molecule has 0 aliphatic rings. The van der Waals surface area contributed by atoms with Gasteiger partial charge in [0.2, 0.25) is 0 Å². The van der Waals surface area contributed by atoms with Crippen molar-refractivity contribution in [1.29, 1.82) is 0 Å². The highest BCUT2D eigenvalue weighted by atomic mass is 127. The van der Waals surface area contributed by atoms with Crippen LogP contribution in [0.25, 0.3) is 5.69 Å². The SMILES string of the molecule is CCNC(=NCc1cnn(-c2ccccc2)c1)NCc1ccccc1OC.I. The number of ether oxygens (including phenoxy) is 1. The Labute approximate surface area is 183 Å². The largest absolute Gasteiger partial charge is 0.496 e. The Kier molecular flexibility index (Phi) is 8.80. The molecule has 0 amide bonds. The van der Waals surface area contributed by atoms with E-state index in [-0.39, 0.29) is 24.0 Å². The van der Waals surface area contributed by atoms with E-state index >= 15 is 0 Å². The van der Waals surface area contributed by atoms with Crippen LogP contribution in [0.15, 0.2) is 72.0 Å². The van der Waals surface area contributed by atoms with Gasteiger partial charge in [0.05, 0.1) is 25.5 Å². The standard InChI is InChI=1S/C21H25N5O.HI/c1-3-22-21(24-15-18-9-7-8-12-20(18)27-2)23-13-17-14-25-26(16-17)19-10-5-4-6-11-19;/h4-12,14,16H,3,13,15H2,1-2H3,(H2,22,23,24);1H. The van der Waals surface area contributed by atoms with Crippen molar-refractivity contribution in [3.63, 3.8) is 0 Å². The van der Waals surface area contributed by atoms with Crippen molar-refractivity contribution in [2.24, 2.45) is 4.99 Å². The number of aliphatic imine (C=N–C) groups is 1. The molecule has 0 fully saturated rings. The van der Waals surface area contributed by atoms with Gasteiger partial charge in [0.25, 0.3) is 0 Å². The zero-order valence-corrected chi connectivity index (χ0v) is 18.5. The highest BCUT2D eigenvalue weighted by Crippen LogP contribution is 2.16. The number of hydrogen-bond donors (Lipinski definition) is 2. The molecule has 0 bridgehead atoms. The number of hydrogen-bond acceptors (Lipinski definition) is 3. The summed E-state index contributed by atoms with van der Waals surface area (Å²) in [6.07, 6.45) is 3.85. The van der Waals surface area contributed by atoms with E-state index in [0.29, 0.717) is 13.1 Å². The second-order valence-corrected chi connectivity index (χ2v) is 5.99. The molecule has 1 heterocycles. The topological polar surface area (TPSA) is 63.5 Å². The maximum atomic E-state index is 5.40. The Morgan fingerprint density at radius 3 is 2.57 bits per heavy atom. The lowest BCUT2D eigenvalue weighted by molar-refractivity contribution is 0.409. The average Bonchev–Trinajstić information content (AvgIpc) is 3.20. The number of rotatable bonds is 7. The predicted molar refractivity (Wildman–Crippen MR) is 124 cm³/mol. The van der Waals surface area contributed by atoms with Crippen molar-refractivity contribution in [2.75, 3.05) is 13.7 Å². The van der Waals surface area contributed by atoms with Crippen molar-refractivity contribution >= 4 is 29.9 Å². The zero-order valence-electron chi connectivity index (χ0n) is 16.1. The summed E-state index contributed by atoms with van der Waals surface area (Å²) in [5.41, 5.74) is 3.17. The van der Waals surface area contributed by atoms with Gasteiger partial charge in [0.15, 0.2) is 5.96 Å². The fourth-order valence-corrected chi connectivity index (χ4v) is 2.70. The Bertz CT molecular complexity index is 879. The molecule has 148 valence electrons. The number of halogens is 1. The van der Waals surface area contributed by atoms with Gasteiger partial charge in [-0.2, -0.15) is 5.10 Å². The van der Waals surface area contributed by atoms with Gasteiger partial charge in [0.1, 0.15) is 5.75 Å². The van der Waals surface area contributed by atoms with E-state index in [2.05, 4.69) is 20.7 Å². The molecule has 3 rings (SSSR count). The van der Waals surface area contributed by atoms with Crippen molar-refractivity contribution in [3.05, 3.63) is 78.1 Å². The van der Waals surface area contributed by atoms with Crippen LogP contribution >= 0.6 is 24.0 Å². The summed E-state index contributed by atoms with van der Waals surface area (Å²) in [5, 5.41) is 11.0. The molecule has 3 aromatic rings. The van der Waals surface area contributed by atoms with E-state index < -0.39 is 0 Å². The van der Waals surface area contributed by atoms with Gasteiger partial charge in [-0.3, -0.25) is 0 Å². The summed E-state index contributed by atoms with van der Waals surface area (Å²) < 4.78 is 7.26. The molecule has 0 aliphatic heterocycles. The molecule has 0 saturated carbocycles. The lowest BCUT2D eigenvalue weighted by atomic mass is 10.2. The van der Waals surface area contributed by atoms with Gasteiger partial charge in [-0.15, -0.1) is 24.0 Å². The zero-order chi connectivity index (χ0) is 18.9. The molecular formula is C21H26IN5O. The van der Waals surface area contributed by atoms with Crippen LogP contribution in [0.4, 0.5) is 0 Å². The Balaban J connectivity index is 0.00000280. The maximum Gasteiger partial charge on any atom is 0.191 e. The van der Waals surface area contributed by atoms with Crippen LogP contribution < -0.4 is 15.4 Å². The quantitative estimate of drug-likeness (QED) is 0.300. The van der Waals surface area contributed by atoms with E-state index in [1.54, 1.807) is 7.11 Å². The number of methoxy groups -OCH3 is 1. The lowest BCUT2D eigenvalue weighted by Gasteiger charge is -2.13. The van der Waals surface area contributed by atoms with Crippen LogP contribution in [-0.2, 0) is 13.1 Å². The second-order valence-electron chi connectivity index (χ2n) is 5.99. The third-order valence-electron chi connectivity index (χ3n) is 4.06. The van der Waals surface area contributed by atoms with Crippen LogP contribution in [-0.4, -0.2) is 29.4 Å². The van der Waals surface area contributed by atoms with Crippen molar-refractivity contribution in [2.45, 2.75) is 20.0 Å². The van der Waals surface area contributed by atoms with Gasteiger partial charge in [0, 0.05) is 30.4 Å². The van der Waals surface area contributed by atoms with E-state index in [0.717, 1.165) is 35.1 Å². The maximum absolute atomic E-state index is 5.40. The first-order valence-corrected chi connectivity index (χ1v) is 9.03. The Morgan fingerprint density at radius 2 is 1.82 bits per heavy atom. The summed E-state index contributed by atoms with van der Waals surface area (Å²) >= 11 is 0. The van der Waals surface area contributed by atoms with Gasteiger partial charge in [-0.1, -0.05) is 36.4 Å². The minimum atomic E-state index is 0. The highest BCUT2D eigenvalue weighted by molar-refractivity contribution is 14.0. The highest BCUT2D eigenvalue weighted by Gasteiger charge is 2.04. The van der Waals surface area contributed by atoms with Crippen LogP contribution in [0.2, 0.25) is 0 Å². The molecule has 28 heavy (non-hydrogen) atoms.